The van der Waals surface area contributed by atoms with Crippen LogP contribution in [0.4, 0.5) is 4.79 Å². The Balaban J connectivity index is 1.73. The summed E-state index contributed by atoms with van der Waals surface area (Å²) in [5, 5.41) is 3.30. The van der Waals surface area contributed by atoms with Crippen LogP contribution in [0.25, 0.3) is 0 Å². The molecular formula is C13H16N4O3S. The van der Waals surface area contributed by atoms with Crippen molar-refractivity contribution < 1.29 is 14.3 Å². The molecule has 2 aliphatic heterocycles. The van der Waals surface area contributed by atoms with Crippen molar-refractivity contribution in [3.63, 3.8) is 0 Å². The summed E-state index contributed by atoms with van der Waals surface area (Å²) in [6.07, 6.45) is 6.15. The highest BCUT2D eigenvalue weighted by atomic mass is 32.2. The third kappa shape index (κ3) is 2.80. The number of nitrogens with one attached hydrogen (secondary N) is 1. The summed E-state index contributed by atoms with van der Waals surface area (Å²) < 4.78 is 5.36. The number of hydrogen-bond acceptors (Lipinski definition) is 6. The lowest BCUT2D eigenvalue weighted by Crippen LogP contribution is -2.52. The summed E-state index contributed by atoms with van der Waals surface area (Å²) in [6, 6.07) is 0. The zero-order valence-corrected chi connectivity index (χ0v) is 12.5. The van der Waals surface area contributed by atoms with E-state index < -0.39 is 11.7 Å². The van der Waals surface area contributed by atoms with Crippen molar-refractivity contribution >= 4 is 23.8 Å². The lowest BCUT2D eigenvalue weighted by molar-refractivity contribution is -0.00507. The molecule has 1 aromatic rings. The van der Waals surface area contributed by atoms with E-state index in [9.17, 15) is 9.59 Å². The molecule has 2 aliphatic rings. The zero-order chi connectivity index (χ0) is 14.9. The molecule has 7 nitrogen and oxygen atoms in total. The van der Waals surface area contributed by atoms with Gasteiger partial charge in [-0.2, -0.15) is 0 Å². The van der Waals surface area contributed by atoms with E-state index >= 15 is 0 Å². The van der Waals surface area contributed by atoms with E-state index in [2.05, 4.69) is 15.3 Å². The summed E-state index contributed by atoms with van der Waals surface area (Å²) in [5.74, 6) is -0.121. The second-order valence-electron chi connectivity index (χ2n) is 5.21. The molecule has 21 heavy (non-hydrogen) atoms. The maximum absolute atomic E-state index is 12.5. The molecule has 0 radical (unpaired) electrons. The van der Waals surface area contributed by atoms with Crippen LogP contribution >= 0.6 is 11.8 Å². The molecule has 3 heterocycles. The number of amides is 2. The molecule has 0 aliphatic carbocycles. The lowest BCUT2D eigenvalue weighted by Gasteiger charge is -2.38. The van der Waals surface area contributed by atoms with E-state index in [1.807, 2.05) is 6.26 Å². The Morgan fingerprint density at radius 2 is 2.24 bits per heavy atom. The number of rotatable bonds is 2. The quantitative estimate of drug-likeness (QED) is 0.646. The zero-order valence-electron chi connectivity index (χ0n) is 11.7. The molecule has 1 N–H and O–H groups in total. The average molecular weight is 308 g/mol. The SMILES string of the molecule is CSc1ncc(C(=O)N2CCC[C@@]3(CNC(=O)O3)C2)cn1. The van der Waals surface area contributed by atoms with Gasteiger partial charge in [-0.15, -0.1) is 0 Å². The third-order valence-corrected chi connectivity index (χ3v) is 4.32. The van der Waals surface area contributed by atoms with Gasteiger partial charge in [0.25, 0.3) is 5.91 Å². The van der Waals surface area contributed by atoms with Gasteiger partial charge in [-0.05, 0) is 19.1 Å². The van der Waals surface area contributed by atoms with Gasteiger partial charge in [0, 0.05) is 18.9 Å². The van der Waals surface area contributed by atoms with E-state index in [1.165, 1.54) is 11.8 Å². The smallest absolute Gasteiger partial charge is 0.407 e. The molecular weight excluding hydrogens is 292 g/mol. The highest BCUT2D eigenvalue weighted by Gasteiger charge is 2.44. The van der Waals surface area contributed by atoms with E-state index in [1.54, 1.807) is 17.3 Å². The minimum Gasteiger partial charge on any atom is -0.439 e. The van der Waals surface area contributed by atoms with Crippen LogP contribution in [0.3, 0.4) is 0 Å². The number of carbonyl (C=O) groups excluding carboxylic acids is 2. The maximum atomic E-state index is 12.5. The molecule has 0 saturated carbocycles. The summed E-state index contributed by atoms with van der Waals surface area (Å²) >= 11 is 1.43. The van der Waals surface area contributed by atoms with Crippen molar-refractivity contribution in [2.24, 2.45) is 0 Å². The lowest BCUT2D eigenvalue weighted by atomic mass is 9.93. The van der Waals surface area contributed by atoms with Crippen molar-refractivity contribution in [3.8, 4) is 0 Å². The van der Waals surface area contributed by atoms with Crippen molar-refractivity contribution in [2.75, 3.05) is 25.9 Å². The number of aromatic nitrogens is 2. The fraction of sp³-hybridized carbons (Fsp3) is 0.538. The van der Waals surface area contributed by atoms with Crippen molar-refractivity contribution in [2.45, 2.75) is 23.6 Å². The number of ether oxygens (including phenoxy) is 1. The van der Waals surface area contributed by atoms with Crippen molar-refractivity contribution in [1.29, 1.82) is 0 Å². The molecule has 112 valence electrons. The molecule has 1 spiro atoms. The second kappa shape index (κ2) is 5.51. The largest absolute Gasteiger partial charge is 0.439 e. The number of thioether (sulfide) groups is 1. The Kier molecular flexibility index (Phi) is 3.71. The molecule has 2 saturated heterocycles. The average Bonchev–Trinajstić information content (AvgIpc) is 2.87. The van der Waals surface area contributed by atoms with Crippen LogP contribution in [-0.4, -0.2) is 58.4 Å². The molecule has 0 unspecified atom stereocenters. The van der Waals surface area contributed by atoms with Crippen LogP contribution in [0.5, 0.6) is 0 Å². The molecule has 1 aromatic heterocycles. The number of piperidine rings is 1. The van der Waals surface area contributed by atoms with Crippen molar-refractivity contribution in [1.82, 2.24) is 20.2 Å². The van der Waals surface area contributed by atoms with Gasteiger partial charge in [0.1, 0.15) is 5.60 Å². The Hall–Kier alpha value is -1.83. The van der Waals surface area contributed by atoms with Gasteiger partial charge >= 0.3 is 6.09 Å². The highest BCUT2D eigenvalue weighted by Crippen LogP contribution is 2.28. The van der Waals surface area contributed by atoms with Crippen LogP contribution in [0, 0.1) is 0 Å². The van der Waals surface area contributed by atoms with Gasteiger partial charge in [-0.25, -0.2) is 14.8 Å². The third-order valence-electron chi connectivity index (χ3n) is 3.75. The van der Waals surface area contributed by atoms with E-state index in [-0.39, 0.29) is 5.91 Å². The van der Waals surface area contributed by atoms with E-state index in [0.29, 0.717) is 30.4 Å². The minimum absolute atomic E-state index is 0.121. The first-order valence-electron chi connectivity index (χ1n) is 6.74. The summed E-state index contributed by atoms with van der Waals surface area (Å²) in [4.78, 5) is 33.7. The van der Waals surface area contributed by atoms with Crippen LogP contribution in [-0.2, 0) is 4.74 Å². The first-order valence-corrected chi connectivity index (χ1v) is 7.96. The monoisotopic (exact) mass is 308 g/mol. The Labute approximate surface area is 126 Å². The molecule has 2 amide bonds. The predicted molar refractivity (Wildman–Crippen MR) is 76.2 cm³/mol. The molecule has 3 rings (SSSR count). The van der Waals surface area contributed by atoms with Crippen molar-refractivity contribution in [3.05, 3.63) is 18.0 Å². The van der Waals surface area contributed by atoms with Crippen LogP contribution in [0.1, 0.15) is 23.2 Å². The number of hydrogen-bond donors (Lipinski definition) is 1. The number of likely N-dealkylation sites (tertiary alicyclic amines) is 1. The highest BCUT2D eigenvalue weighted by molar-refractivity contribution is 7.98. The normalized spacial score (nSPS) is 24.8. The molecule has 8 heteroatoms. The molecule has 1 atom stereocenters. The standard InChI is InChI=1S/C13H16N4O3S/c1-21-11-14-5-9(6-15-11)10(18)17-4-2-3-13(8-17)7-16-12(19)20-13/h5-6H,2-4,7-8H2,1H3,(H,16,19)/t13-/m1/s1. The van der Waals surface area contributed by atoms with Gasteiger partial charge in [0.2, 0.25) is 0 Å². The first kappa shape index (κ1) is 14.1. The van der Waals surface area contributed by atoms with Crippen LogP contribution in [0.2, 0.25) is 0 Å². The maximum Gasteiger partial charge on any atom is 0.407 e. The summed E-state index contributed by atoms with van der Waals surface area (Å²) in [6.45, 7) is 1.52. The van der Waals surface area contributed by atoms with Gasteiger partial charge in [0.05, 0.1) is 18.7 Å². The van der Waals surface area contributed by atoms with Gasteiger partial charge in [0.15, 0.2) is 5.16 Å². The molecule has 2 fully saturated rings. The minimum atomic E-state index is -0.578. The van der Waals surface area contributed by atoms with Gasteiger partial charge in [-0.1, -0.05) is 11.8 Å². The predicted octanol–water partition coefficient (Wildman–Crippen LogP) is 0.913. The molecule has 0 bridgehead atoms. The fourth-order valence-corrected chi connectivity index (χ4v) is 3.03. The topological polar surface area (TPSA) is 84.4 Å². The fourth-order valence-electron chi connectivity index (χ4n) is 2.72. The summed E-state index contributed by atoms with van der Waals surface area (Å²) in [7, 11) is 0. The van der Waals surface area contributed by atoms with Gasteiger partial charge in [-0.3, -0.25) is 4.79 Å². The first-order chi connectivity index (χ1) is 10.1. The number of carbonyl (C=O) groups is 2. The van der Waals surface area contributed by atoms with Crippen LogP contribution < -0.4 is 5.32 Å². The Morgan fingerprint density at radius 1 is 1.48 bits per heavy atom. The van der Waals surface area contributed by atoms with E-state index in [0.717, 1.165) is 12.8 Å². The Bertz CT molecular complexity index is 565. The summed E-state index contributed by atoms with van der Waals surface area (Å²) in [5.41, 5.74) is -0.118. The van der Waals surface area contributed by atoms with Gasteiger partial charge < -0.3 is 15.0 Å². The number of alkyl carbamates (subject to hydrolysis) is 1. The van der Waals surface area contributed by atoms with E-state index in [4.69, 9.17) is 4.74 Å². The van der Waals surface area contributed by atoms with Crippen LogP contribution in [0.15, 0.2) is 17.6 Å². The Morgan fingerprint density at radius 3 is 2.86 bits per heavy atom. The number of nitrogens with zero attached hydrogens (tertiary/aromatic N) is 3. The molecule has 0 aromatic carbocycles. The second-order valence-corrected chi connectivity index (χ2v) is 5.99.